The van der Waals surface area contributed by atoms with E-state index in [-0.39, 0.29) is 11.7 Å². The van der Waals surface area contributed by atoms with Crippen molar-refractivity contribution in [2.45, 2.75) is 38.5 Å². The molecule has 1 aromatic carbocycles. The highest BCUT2D eigenvalue weighted by Gasteiger charge is 2.08. The molecule has 1 amide bonds. The molecule has 1 heterocycles. The summed E-state index contributed by atoms with van der Waals surface area (Å²) in [7, 11) is 0. The van der Waals surface area contributed by atoms with Gasteiger partial charge in [-0.25, -0.2) is 14.4 Å². The zero-order valence-corrected chi connectivity index (χ0v) is 15.4. The summed E-state index contributed by atoms with van der Waals surface area (Å²) in [6, 6.07) is 6.57. The number of anilines is 1. The number of nitrogens with zero attached hydrogens (tertiary/aromatic N) is 2. The molecular weight excluding hydrogens is 343 g/mol. The number of rotatable bonds is 8. The van der Waals surface area contributed by atoms with E-state index in [4.69, 9.17) is 0 Å². The van der Waals surface area contributed by atoms with Crippen LogP contribution in [0.1, 0.15) is 48.0 Å². The van der Waals surface area contributed by atoms with E-state index < -0.39 is 0 Å². The first kappa shape index (κ1) is 19.0. The Morgan fingerprint density at radius 3 is 2.63 bits per heavy atom. The molecule has 142 valence electrons. The van der Waals surface area contributed by atoms with Gasteiger partial charge in [0, 0.05) is 25.5 Å². The van der Waals surface area contributed by atoms with Gasteiger partial charge >= 0.3 is 0 Å². The number of aromatic nitrogens is 2. The lowest BCUT2D eigenvalue weighted by molar-refractivity contribution is 0.0953. The van der Waals surface area contributed by atoms with E-state index in [2.05, 4.69) is 26.7 Å². The molecule has 0 saturated carbocycles. The standard InChI is InChI=1S/C21H25FN4O/c22-19-9-5-4-8-17(19)11-13-23-20(27)18-14-25-21(26-15-18)24-12-10-16-6-2-1-3-7-16/h4-6,8-9,14-15H,1-3,7,10-13H2,(H,23,27)(H,24,25,26). The van der Waals surface area contributed by atoms with Crippen LogP contribution in [0.5, 0.6) is 0 Å². The maximum Gasteiger partial charge on any atom is 0.254 e. The fraction of sp³-hybridized carbons (Fsp3) is 0.381. The van der Waals surface area contributed by atoms with Crippen LogP contribution in [-0.4, -0.2) is 29.0 Å². The average molecular weight is 368 g/mol. The normalized spacial score (nSPS) is 13.7. The van der Waals surface area contributed by atoms with E-state index in [9.17, 15) is 9.18 Å². The van der Waals surface area contributed by atoms with Crippen LogP contribution in [0, 0.1) is 5.82 Å². The van der Waals surface area contributed by atoms with Gasteiger partial charge in [-0.15, -0.1) is 0 Å². The number of carbonyl (C=O) groups excluding carboxylic acids is 1. The van der Waals surface area contributed by atoms with Crippen molar-refractivity contribution in [3.8, 4) is 0 Å². The summed E-state index contributed by atoms with van der Waals surface area (Å²) in [4.78, 5) is 20.5. The fourth-order valence-corrected chi connectivity index (χ4v) is 3.12. The van der Waals surface area contributed by atoms with Crippen molar-refractivity contribution in [1.82, 2.24) is 15.3 Å². The summed E-state index contributed by atoms with van der Waals surface area (Å²) >= 11 is 0. The molecule has 0 unspecified atom stereocenters. The van der Waals surface area contributed by atoms with Gasteiger partial charge in [-0.05, 0) is 50.2 Å². The Labute approximate surface area is 159 Å². The summed E-state index contributed by atoms with van der Waals surface area (Å²) in [5.74, 6) is 0.00839. The summed E-state index contributed by atoms with van der Waals surface area (Å²) in [5.41, 5.74) is 2.48. The van der Waals surface area contributed by atoms with E-state index in [1.807, 2.05) is 0 Å². The van der Waals surface area contributed by atoms with Crippen molar-refractivity contribution in [3.63, 3.8) is 0 Å². The van der Waals surface area contributed by atoms with Crippen molar-refractivity contribution in [1.29, 1.82) is 0 Å². The minimum atomic E-state index is -0.259. The number of hydrogen-bond acceptors (Lipinski definition) is 4. The number of hydrogen-bond donors (Lipinski definition) is 2. The van der Waals surface area contributed by atoms with E-state index in [1.54, 1.807) is 18.2 Å². The molecule has 0 radical (unpaired) electrons. The summed E-state index contributed by atoms with van der Waals surface area (Å²) < 4.78 is 13.6. The third kappa shape index (κ3) is 5.88. The molecule has 0 bridgehead atoms. The third-order valence-electron chi connectivity index (χ3n) is 4.67. The fourth-order valence-electron chi connectivity index (χ4n) is 3.12. The van der Waals surface area contributed by atoms with Crippen molar-refractivity contribution < 1.29 is 9.18 Å². The van der Waals surface area contributed by atoms with Crippen molar-refractivity contribution in [2.75, 3.05) is 18.4 Å². The smallest absolute Gasteiger partial charge is 0.254 e. The van der Waals surface area contributed by atoms with Crippen LogP contribution in [0.3, 0.4) is 0 Å². The van der Waals surface area contributed by atoms with Gasteiger partial charge in [0.05, 0.1) is 5.56 Å². The average Bonchev–Trinajstić information content (AvgIpc) is 2.71. The Bertz CT molecular complexity index is 789. The molecule has 0 saturated heterocycles. The van der Waals surface area contributed by atoms with Gasteiger partial charge in [-0.3, -0.25) is 4.79 Å². The molecule has 1 aromatic heterocycles. The lowest BCUT2D eigenvalue weighted by Gasteiger charge is -2.12. The molecule has 3 rings (SSSR count). The summed E-state index contributed by atoms with van der Waals surface area (Å²) in [6.07, 6.45) is 11.7. The monoisotopic (exact) mass is 368 g/mol. The topological polar surface area (TPSA) is 66.9 Å². The van der Waals surface area contributed by atoms with E-state index in [0.29, 0.717) is 30.0 Å². The number of nitrogens with one attached hydrogen (secondary N) is 2. The molecule has 27 heavy (non-hydrogen) atoms. The van der Waals surface area contributed by atoms with Gasteiger partial charge < -0.3 is 10.6 Å². The summed E-state index contributed by atoms with van der Waals surface area (Å²) in [5, 5.41) is 5.96. The lowest BCUT2D eigenvalue weighted by Crippen LogP contribution is -2.26. The zero-order valence-electron chi connectivity index (χ0n) is 15.4. The van der Waals surface area contributed by atoms with Crippen LogP contribution in [0.15, 0.2) is 48.3 Å². The van der Waals surface area contributed by atoms with Crippen LogP contribution in [-0.2, 0) is 6.42 Å². The molecule has 6 heteroatoms. The van der Waals surface area contributed by atoms with E-state index in [1.165, 1.54) is 49.7 Å². The molecule has 0 atom stereocenters. The highest BCUT2D eigenvalue weighted by molar-refractivity contribution is 5.93. The SMILES string of the molecule is O=C(NCCc1ccccc1F)c1cnc(NCCC2=CCCCC2)nc1. The second-order valence-corrected chi connectivity index (χ2v) is 6.68. The predicted molar refractivity (Wildman–Crippen MR) is 104 cm³/mol. The first-order valence-electron chi connectivity index (χ1n) is 9.48. The van der Waals surface area contributed by atoms with Gasteiger partial charge in [-0.2, -0.15) is 0 Å². The molecule has 1 aliphatic rings. The second-order valence-electron chi connectivity index (χ2n) is 6.68. The van der Waals surface area contributed by atoms with Crippen molar-refractivity contribution in [2.24, 2.45) is 0 Å². The Morgan fingerprint density at radius 2 is 1.89 bits per heavy atom. The van der Waals surface area contributed by atoms with E-state index >= 15 is 0 Å². The predicted octanol–water partition coefficient (Wildman–Crippen LogP) is 3.89. The number of benzene rings is 1. The minimum Gasteiger partial charge on any atom is -0.354 e. The summed E-state index contributed by atoms with van der Waals surface area (Å²) in [6.45, 7) is 1.15. The Kier molecular flexibility index (Phi) is 6.90. The largest absolute Gasteiger partial charge is 0.354 e. The van der Waals surface area contributed by atoms with E-state index in [0.717, 1.165) is 13.0 Å². The number of allylic oxidation sites excluding steroid dienone is 1. The quantitative estimate of drug-likeness (QED) is 0.694. The van der Waals surface area contributed by atoms with Crippen LogP contribution in [0.2, 0.25) is 0 Å². The van der Waals surface area contributed by atoms with Gasteiger partial charge in [-0.1, -0.05) is 29.8 Å². The third-order valence-corrected chi connectivity index (χ3v) is 4.67. The van der Waals surface area contributed by atoms with Gasteiger partial charge in [0.25, 0.3) is 5.91 Å². The molecule has 1 aliphatic carbocycles. The van der Waals surface area contributed by atoms with Crippen molar-refractivity contribution in [3.05, 3.63) is 65.3 Å². The molecule has 0 spiro atoms. The molecule has 2 N–H and O–H groups in total. The Hall–Kier alpha value is -2.76. The number of halogens is 1. The van der Waals surface area contributed by atoms with Crippen LogP contribution in [0.25, 0.3) is 0 Å². The minimum absolute atomic E-state index is 0.255. The molecular formula is C21H25FN4O. The molecule has 2 aromatic rings. The maximum atomic E-state index is 13.6. The van der Waals surface area contributed by atoms with Crippen LogP contribution in [0.4, 0.5) is 10.3 Å². The number of carbonyl (C=O) groups is 1. The lowest BCUT2D eigenvalue weighted by atomic mass is 9.97. The first-order chi connectivity index (χ1) is 13.2. The van der Waals surface area contributed by atoms with Crippen LogP contribution < -0.4 is 10.6 Å². The zero-order chi connectivity index (χ0) is 18.9. The molecule has 0 fully saturated rings. The van der Waals surface area contributed by atoms with Crippen LogP contribution >= 0.6 is 0 Å². The van der Waals surface area contributed by atoms with Gasteiger partial charge in [0.15, 0.2) is 0 Å². The van der Waals surface area contributed by atoms with Crippen molar-refractivity contribution >= 4 is 11.9 Å². The first-order valence-corrected chi connectivity index (χ1v) is 9.48. The Morgan fingerprint density at radius 1 is 1.07 bits per heavy atom. The number of amides is 1. The molecule has 5 nitrogen and oxygen atoms in total. The van der Waals surface area contributed by atoms with Gasteiger partial charge in [0.2, 0.25) is 5.95 Å². The highest BCUT2D eigenvalue weighted by atomic mass is 19.1. The second kappa shape index (κ2) is 9.80. The highest BCUT2D eigenvalue weighted by Crippen LogP contribution is 2.19. The maximum absolute atomic E-state index is 13.6. The molecule has 0 aliphatic heterocycles. The van der Waals surface area contributed by atoms with Gasteiger partial charge in [0.1, 0.15) is 5.82 Å². The Balaban J connectivity index is 1.41.